The molecule has 2 N–H and O–H groups in total. The van der Waals surface area contributed by atoms with Gasteiger partial charge in [0, 0.05) is 17.1 Å². The highest BCUT2D eigenvalue weighted by molar-refractivity contribution is 6.31. The third-order valence-electron chi connectivity index (χ3n) is 6.59. The molecule has 0 saturated heterocycles. The number of benzene rings is 3. The van der Waals surface area contributed by atoms with Crippen molar-refractivity contribution < 1.29 is 0 Å². The lowest BCUT2D eigenvalue weighted by Gasteiger charge is -2.29. The van der Waals surface area contributed by atoms with Crippen LogP contribution in [0.2, 0.25) is 5.02 Å². The second-order valence-corrected chi connectivity index (χ2v) is 9.15. The smallest absolute Gasteiger partial charge is 0.261 e. The largest absolute Gasteiger partial charge is 0.330 e. The molecule has 1 aliphatic rings. The molecule has 1 heterocycles. The van der Waals surface area contributed by atoms with Crippen molar-refractivity contribution in [1.82, 2.24) is 9.55 Å². The Labute approximate surface area is 186 Å². The van der Waals surface area contributed by atoms with Crippen LogP contribution in [-0.2, 0) is 6.54 Å². The van der Waals surface area contributed by atoms with Gasteiger partial charge < -0.3 is 5.73 Å². The van der Waals surface area contributed by atoms with Gasteiger partial charge >= 0.3 is 0 Å². The van der Waals surface area contributed by atoms with Crippen molar-refractivity contribution in [3.63, 3.8) is 0 Å². The van der Waals surface area contributed by atoms with Gasteiger partial charge in [-0.1, -0.05) is 54.4 Å². The Hall–Kier alpha value is -2.69. The zero-order valence-corrected chi connectivity index (χ0v) is 18.2. The van der Waals surface area contributed by atoms with Crippen LogP contribution in [0.25, 0.3) is 33.1 Å². The highest BCUT2D eigenvalue weighted by Crippen LogP contribution is 2.31. The van der Waals surface area contributed by atoms with Crippen molar-refractivity contribution in [3.05, 3.63) is 76.0 Å². The summed E-state index contributed by atoms with van der Waals surface area (Å²) in [6.45, 7) is 1.38. The van der Waals surface area contributed by atoms with E-state index in [0.717, 1.165) is 29.6 Å². The number of rotatable bonds is 4. The van der Waals surface area contributed by atoms with Gasteiger partial charge in [-0.15, -0.1) is 0 Å². The van der Waals surface area contributed by atoms with Gasteiger partial charge in [-0.3, -0.25) is 9.36 Å². The molecule has 4 aromatic rings. The summed E-state index contributed by atoms with van der Waals surface area (Å²) in [6.07, 6.45) is 4.53. The Bertz CT molecular complexity index is 1310. The molecule has 1 fully saturated rings. The maximum Gasteiger partial charge on any atom is 0.261 e. The molecule has 158 valence electrons. The fraction of sp³-hybridized carbons (Fsp3) is 0.308. The molecule has 0 aliphatic heterocycles. The van der Waals surface area contributed by atoms with Gasteiger partial charge in [0.15, 0.2) is 0 Å². The van der Waals surface area contributed by atoms with E-state index < -0.39 is 0 Å². The molecule has 0 amide bonds. The molecule has 0 radical (unpaired) electrons. The molecule has 31 heavy (non-hydrogen) atoms. The third-order valence-corrected chi connectivity index (χ3v) is 6.82. The Kier molecular flexibility index (Phi) is 5.51. The highest BCUT2D eigenvalue weighted by atomic mass is 35.5. The van der Waals surface area contributed by atoms with Crippen LogP contribution in [0, 0.1) is 11.8 Å². The van der Waals surface area contributed by atoms with Crippen molar-refractivity contribution in [2.45, 2.75) is 32.2 Å². The first-order valence-electron chi connectivity index (χ1n) is 11.0. The topological polar surface area (TPSA) is 60.9 Å². The molecule has 5 heteroatoms. The van der Waals surface area contributed by atoms with E-state index in [0.29, 0.717) is 40.9 Å². The summed E-state index contributed by atoms with van der Waals surface area (Å²) in [5.41, 5.74) is 7.57. The SMILES string of the molecule is NCC1CCCC(Cn2c(-c3ccc4ccccc4c3)nc3ccc(Cl)cc3c2=O)C1. The van der Waals surface area contributed by atoms with E-state index in [9.17, 15) is 4.79 Å². The van der Waals surface area contributed by atoms with Crippen molar-refractivity contribution in [2.24, 2.45) is 17.6 Å². The Morgan fingerprint density at radius 2 is 1.81 bits per heavy atom. The predicted molar refractivity (Wildman–Crippen MR) is 128 cm³/mol. The molecule has 1 aliphatic carbocycles. The Morgan fingerprint density at radius 1 is 1.00 bits per heavy atom. The zero-order chi connectivity index (χ0) is 21.4. The van der Waals surface area contributed by atoms with E-state index in [1.54, 1.807) is 12.1 Å². The Balaban J connectivity index is 1.67. The van der Waals surface area contributed by atoms with Crippen LogP contribution >= 0.6 is 11.6 Å². The summed E-state index contributed by atoms with van der Waals surface area (Å²) in [5.74, 6) is 1.69. The number of aromatic nitrogens is 2. The molecule has 4 nitrogen and oxygen atoms in total. The third kappa shape index (κ3) is 3.98. The lowest BCUT2D eigenvalue weighted by atomic mass is 9.81. The van der Waals surface area contributed by atoms with Gasteiger partial charge in [-0.05, 0) is 72.7 Å². The second-order valence-electron chi connectivity index (χ2n) is 8.71. The number of hydrogen-bond donors (Lipinski definition) is 1. The molecule has 0 bridgehead atoms. The lowest BCUT2D eigenvalue weighted by Crippen LogP contribution is -2.30. The lowest BCUT2D eigenvalue weighted by molar-refractivity contribution is 0.246. The zero-order valence-electron chi connectivity index (χ0n) is 17.4. The fourth-order valence-electron chi connectivity index (χ4n) is 4.95. The molecule has 5 rings (SSSR count). The average molecular weight is 432 g/mol. The van der Waals surface area contributed by atoms with Crippen LogP contribution < -0.4 is 11.3 Å². The molecular formula is C26H26ClN3O. The van der Waals surface area contributed by atoms with Crippen molar-refractivity contribution >= 4 is 33.3 Å². The standard InChI is InChI=1S/C26H26ClN3O/c27-22-10-11-24-23(14-22)26(31)30(16-18-5-3-4-17(12-18)15-28)25(29-24)21-9-8-19-6-1-2-7-20(19)13-21/h1-2,6-11,13-14,17-18H,3-5,12,15-16,28H2. The average Bonchev–Trinajstić information content (AvgIpc) is 2.81. The first-order valence-corrected chi connectivity index (χ1v) is 11.4. The normalized spacial score (nSPS) is 19.2. The quantitative estimate of drug-likeness (QED) is 0.455. The summed E-state index contributed by atoms with van der Waals surface area (Å²) < 4.78 is 1.87. The van der Waals surface area contributed by atoms with E-state index in [1.165, 1.54) is 18.2 Å². The van der Waals surface area contributed by atoms with Crippen LogP contribution in [0.3, 0.4) is 0 Å². The van der Waals surface area contributed by atoms with Gasteiger partial charge in [-0.2, -0.15) is 0 Å². The molecule has 1 saturated carbocycles. The van der Waals surface area contributed by atoms with Crippen LogP contribution in [0.1, 0.15) is 25.7 Å². The molecule has 3 aromatic carbocycles. The van der Waals surface area contributed by atoms with Gasteiger partial charge in [0.05, 0.1) is 10.9 Å². The molecule has 1 aromatic heterocycles. The minimum absolute atomic E-state index is 0.0227. The van der Waals surface area contributed by atoms with Gasteiger partial charge in [0.25, 0.3) is 5.56 Å². The van der Waals surface area contributed by atoms with E-state index in [1.807, 2.05) is 22.8 Å². The van der Waals surface area contributed by atoms with Crippen molar-refractivity contribution in [2.75, 3.05) is 6.54 Å². The number of halogens is 1. The van der Waals surface area contributed by atoms with E-state index >= 15 is 0 Å². The summed E-state index contributed by atoms with van der Waals surface area (Å²) >= 11 is 6.21. The number of nitrogens with two attached hydrogens (primary N) is 1. The van der Waals surface area contributed by atoms with E-state index in [-0.39, 0.29) is 5.56 Å². The van der Waals surface area contributed by atoms with Crippen molar-refractivity contribution in [3.8, 4) is 11.4 Å². The summed E-state index contributed by atoms with van der Waals surface area (Å²) in [6, 6.07) is 19.9. The molecular weight excluding hydrogens is 406 g/mol. The van der Waals surface area contributed by atoms with Gasteiger partial charge in [0.1, 0.15) is 5.82 Å². The summed E-state index contributed by atoms with van der Waals surface area (Å²) in [4.78, 5) is 18.5. The van der Waals surface area contributed by atoms with Crippen molar-refractivity contribution in [1.29, 1.82) is 0 Å². The molecule has 0 spiro atoms. The maximum absolute atomic E-state index is 13.6. The minimum Gasteiger partial charge on any atom is -0.330 e. The van der Waals surface area contributed by atoms with Gasteiger partial charge in [-0.25, -0.2) is 4.98 Å². The Morgan fingerprint density at radius 3 is 2.65 bits per heavy atom. The first kappa shape index (κ1) is 20.2. The fourth-order valence-corrected chi connectivity index (χ4v) is 5.12. The predicted octanol–water partition coefficient (Wildman–Crippen LogP) is 5.64. The van der Waals surface area contributed by atoms with Crippen LogP contribution in [0.4, 0.5) is 0 Å². The van der Waals surface area contributed by atoms with Crippen LogP contribution in [0.15, 0.2) is 65.5 Å². The second kappa shape index (κ2) is 8.45. The number of hydrogen-bond acceptors (Lipinski definition) is 3. The summed E-state index contributed by atoms with van der Waals surface area (Å²) in [7, 11) is 0. The van der Waals surface area contributed by atoms with E-state index in [2.05, 4.69) is 30.3 Å². The molecule has 2 unspecified atom stereocenters. The monoisotopic (exact) mass is 431 g/mol. The maximum atomic E-state index is 13.6. The minimum atomic E-state index is -0.0227. The van der Waals surface area contributed by atoms with Crippen LogP contribution in [-0.4, -0.2) is 16.1 Å². The van der Waals surface area contributed by atoms with Crippen LogP contribution in [0.5, 0.6) is 0 Å². The molecule has 2 atom stereocenters. The highest BCUT2D eigenvalue weighted by Gasteiger charge is 2.24. The summed E-state index contributed by atoms with van der Waals surface area (Å²) in [5, 5.41) is 3.43. The van der Waals surface area contributed by atoms with Gasteiger partial charge in [0.2, 0.25) is 0 Å². The number of nitrogens with zero attached hydrogens (tertiary/aromatic N) is 2. The number of fused-ring (bicyclic) bond motifs is 2. The first-order chi connectivity index (χ1) is 15.1. The van der Waals surface area contributed by atoms with E-state index in [4.69, 9.17) is 22.3 Å².